The van der Waals surface area contributed by atoms with E-state index in [0.717, 1.165) is 0 Å². The largest absolute Gasteiger partial charge is 0.479 e. The van der Waals surface area contributed by atoms with E-state index >= 15 is 0 Å². The SMILES string of the molecule is O=C(/C=C/c1ccccc1Cl)NCC[C@H](O)C(=O)O. The fourth-order valence-corrected chi connectivity index (χ4v) is 1.49. The molecule has 1 aromatic carbocycles. The molecule has 1 atom stereocenters. The van der Waals surface area contributed by atoms with Crippen LogP contribution < -0.4 is 5.32 Å². The Hall–Kier alpha value is -1.85. The maximum absolute atomic E-state index is 11.4. The third kappa shape index (κ3) is 5.54. The average Bonchev–Trinajstić information content (AvgIpc) is 2.37. The van der Waals surface area contributed by atoms with Crippen molar-refractivity contribution in [3.05, 3.63) is 40.9 Å². The Morgan fingerprint density at radius 1 is 1.37 bits per heavy atom. The number of carbonyl (C=O) groups is 2. The van der Waals surface area contributed by atoms with Gasteiger partial charge in [-0.2, -0.15) is 0 Å². The second-order valence-electron chi connectivity index (χ2n) is 3.79. The van der Waals surface area contributed by atoms with Gasteiger partial charge in [0.15, 0.2) is 6.10 Å². The number of amides is 1. The zero-order chi connectivity index (χ0) is 14.3. The van der Waals surface area contributed by atoms with Crippen LogP contribution in [0.25, 0.3) is 6.08 Å². The summed E-state index contributed by atoms with van der Waals surface area (Å²) < 4.78 is 0. The lowest BCUT2D eigenvalue weighted by Gasteiger charge is -2.05. The summed E-state index contributed by atoms with van der Waals surface area (Å²) in [6.45, 7) is 0.0825. The number of rotatable bonds is 6. The maximum Gasteiger partial charge on any atom is 0.332 e. The number of aliphatic hydroxyl groups is 1. The highest BCUT2D eigenvalue weighted by atomic mass is 35.5. The molecule has 0 fully saturated rings. The van der Waals surface area contributed by atoms with Gasteiger partial charge in [-0.15, -0.1) is 0 Å². The van der Waals surface area contributed by atoms with E-state index in [-0.39, 0.29) is 18.9 Å². The van der Waals surface area contributed by atoms with Crippen molar-refractivity contribution in [3.8, 4) is 0 Å². The minimum absolute atomic E-state index is 0.0407. The van der Waals surface area contributed by atoms with Crippen molar-refractivity contribution in [1.29, 1.82) is 0 Å². The molecule has 0 aromatic heterocycles. The van der Waals surface area contributed by atoms with Gasteiger partial charge in [0.05, 0.1) is 0 Å². The van der Waals surface area contributed by atoms with E-state index in [2.05, 4.69) is 5.32 Å². The van der Waals surface area contributed by atoms with Crippen LogP contribution in [0.1, 0.15) is 12.0 Å². The monoisotopic (exact) mass is 283 g/mol. The van der Waals surface area contributed by atoms with Crippen LogP contribution in [0.15, 0.2) is 30.3 Å². The van der Waals surface area contributed by atoms with Crippen LogP contribution in [-0.4, -0.2) is 34.7 Å². The molecule has 0 spiro atoms. The van der Waals surface area contributed by atoms with Crippen LogP contribution in [0.5, 0.6) is 0 Å². The van der Waals surface area contributed by atoms with Crippen LogP contribution >= 0.6 is 11.6 Å². The van der Waals surface area contributed by atoms with Gasteiger partial charge in [-0.3, -0.25) is 4.79 Å². The molecule has 0 aliphatic heterocycles. The van der Waals surface area contributed by atoms with Crippen molar-refractivity contribution in [3.63, 3.8) is 0 Å². The van der Waals surface area contributed by atoms with Gasteiger partial charge in [-0.05, 0) is 17.7 Å². The van der Waals surface area contributed by atoms with Crippen LogP contribution in [0, 0.1) is 0 Å². The van der Waals surface area contributed by atoms with E-state index < -0.39 is 12.1 Å². The van der Waals surface area contributed by atoms with Crippen molar-refractivity contribution in [2.45, 2.75) is 12.5 Å². The van der Waals surface area contributed by atoms with Gasteiger partial charge in [0.25, 0.3) is 0 Å². The summed E-state index contributed by atoms with van der Waals surface area (Å²) in [7, 11) is 0. The Morgan fingerprint density at radius 3 is 2.68 bits per heavy atom. The predicted octanol–water partition coefficient (Wildman–Crippen LogP) is 1.31. The summed E-state index contributed by atoms with van der Waals surface area (Å²) in [5.41, 5.74) is 0.713. The summed E-state index contributed by atoms with van der Waals surface area (Å²) in [6.07, 6.45) is 1.36. The summed E-state index contributed by atoms with van der Waals surface area (Å²) in [6, 6.07) is 7.06. The van der Waals surface area contributed by atoms with Gasteiger partial charge < -0.3 is 15.5 Å². The van der Waals surface area contributed by atoms with Crippen molar-refractivity contribution >= 4 is 29.6 Å². The third-order valence-electron chi connectivity index (χ3n) is 2.32. The lowest BCUT2D eigenvalue weighted by Crippen LogP contribution is -2.28. The van der Waals surface area contributed by atoms with Gasteiger partial charge in [-0.1, -0.05) is 29.8 Å². The minimum Gasteiger partial charge on any atom is -0.479 e. The zero-order valence-electron chi connectivity index (χ0n) is 10.0. The molecule has 0 unspecified atom stereocenters. The molecule has 0 saturated heterocycles. The number of nitrogens with one attached hydrogen (secondary N) is 1. The van der Waals surface area contributed by atoms with Gasteiger partial charge in [0.1, 0.15) is 0 Å². The number of carboxylic acid groups (broad SMARTS) is 1. The van der Waals surface area contributed by atoms with Gasteiger partial charge >= 0.3 is 5.97 Å². The molecule has 6 heteroatoms. The standard InChI is InChI=1S/C13H14ClNO4/c14-10-4-2-1-3-9(10)5-6-12(17)15-8-7-11(16)13(18)19/h1-6,11,16H,7-8H2,(H,15,17)(H,18,19)/b6-5+/t11-/m0/s1. The first kappa shape index (κ1) is 15.2. The number of hydrogen-bond donors (Lipinski definition) is 3. The molecule has 102 valence electrons. The van der Waals surface area contributed by atoms with E-state index in [4.69, 9.17) is 21.8 Å². The van der Waals surface area contributed by atoms with Gasteiger partial charge in [-0.25, -0.2) is 4.79 Å². The highest BCUT2D eigenvalue weighted by molar-refractivity contribution is 6.32. The first-order valence-electron chi connectivity index (χ1n) is 5.62. The highest BCUT2D eigenvalue weighted by Crippen LogP contribution is 2.15. The molecule has 0 radical (unpaired) electrons. The van der Waals surface area contributed by atoms with Crippen LogP contribution in [0.3, 0.4) is 0 Å². The molecule has 1 amide bonds. The van der Waals surface area contributed by atoms with Gasteiger partial charge in [0, 0.05) is 24.1 Å². The van der Waals surface area contributed by atoms with Crippen LogP contribution in [0.4, 0.5) is 0 Å². The Labute approximate surface area is 115 Å². The number of benzene rings is 1. The Bertz CT molecular complexity index is 487. The number of hydrogen-bond acceptors (Lipinski definition) is 3. The first-order valence-corrected chi connectivity index (χ1v) is 6.00. The quantitative estimate of drug-likeness (QED) is 0.687. The molecule has 1 aromatic rings. The van der Waals surface area contributed by atoms with Crippen molar-refractivity contribution in [2.75, 3.05) is 6.54 Å². The lowest BCUT2D eigenvalue weighted by molar-refractivity contribution is -0.147. The molecule has 0 heterocycles. The number of aliphatic carboxylic acids is 1. The summed E-state index contributed by atoms with van der Waals surface area (Å²) in [5, 5.41) is 20.4. The molecule has 1 rings (SSSR count). The van der Waals surface area contributed by atoms with Crippen molar-refractivity contribution in [2.24, 2.45) is 0 Å². The number of carboxylic acids is 1. The summed E-state index contributed by atoms with van der Waals surface area (Å²) in [5.74, 6) is -1.68. The topological polar surface area (TPSA) is 86.6 Å². The number of carbonyl (C=O) groups excluding carboxylic acids is 1. The molecule has 0 aliphatic rings. The fraction of sp³-hybridized carbons (Fsp3) is 0.231. The van der Waals surface area contributed by atoms with Crippen LogP contribution in [0.2, 0.25) is 5.02 Å². The molecule has 3 N–H and O–H groups in total. The molecule has 0 bridgehead atoms. The van der Waals surface area contributed by atoms with Crippen molar-refractivity contribution < 1.29 is 19.8 Å². The van der Waals surface area contributed by atoms with Crippen LogP contribution in [-0.2, 0) is 9.59 Å². The van der Waals surface area contributed by atoms with E-state index in [9.17, 15) is 9.59 Å². The average molecular weight is 284 g/mol. The Morgan fingerprint density at radius 2 is 2.05 bits per heavy atom. The van der Waals surface area contributed by atoms with E-state index in [1.165, 1.54) is 6.08 Å². The second-order valence-corrected chi connectivity index (χ2v) is 4.20. The lowest BCUT2D eigenvalue weighted by atomic mass is 10.2. The second kappa shape index (κ2) is 7.56. The zero-order valence-corrected chi connectivity index (χ0v) is 10.8. The third-order valence-corrected chi connectivity index (χ3v) is 2.67. The molecule has 0 aliphatic carbocycles. The molecule has 19 heavy (non-hydrogen) atoms. The summed E-state index contributed by atoms with van der Waals surface area (Å²) >= 11 is 5.91. The van der Waals surface area contributed by atoms with E-state index in [0.29, 0.717) is 10.6 Å². The molecule has 5 nitrogen and oxygen atoms in total. The number of halogens is 1. The summed E-state index contributed by atoms with van der Waals surface area (Å²) in [4.78, 5) is 21.7. The number of aliphatic hydroxyl groups excluding tert-OH is 1. The van der Waals surface area contributed by atoms with Crippen molar-refractivity contribution in [1.82, 2.24) is 5.32 Å². The Balaban J connectivity index is 2.40. The molecular formula is C13H14ClNO4. The molecular weight excluding hydrogens is 270 g/mol. The maximum atomic E-state index is 11.4. The first-order chi connectivity index (χ1) is 9.00. The molecule has 0 saturated carbocycles. The fourth-order valence-electron chi connectivity index (χ4n) is 1.29. The highest BCUT2D eigenvalue weighted by Gasteiger charge is 2.12. The smallest absolute Gasteiger partial charge is 0.332 e. The van der Waals surface area contributed by atoms with Gasteiger partial charge in [0.2, 0.25) is 5.91 Å². The normalized spacial score (nSPS) is 12.3. The predicted molar refractivity (Wildman–Crippen MR) is 71.8 cm³/mol. The minimum atomic E-state index is -1.46. The Kier molecular flexibility index (Phi) is 6.05. The van der Waals surface area contributed by atoms with E-state index in [1.54, 1.807) is 30.3 Å². The van der Waals surface area contributed by atoms with E-state index in [1.807, 2.05) is 0 Å².